The Morgan fingerprint density at radius 3 is 2.82 bits per heavy atom. The standard InChI is InChI=1S/C17H22N4O/c1-2-4-16-15(3-1)11-18-19-17(16)21-8-6-20(7-9-21)12-14-5-10-22-13-14/h1-4,11,14H,5-10,12-13H2/t14-/m0/s1. The number of nitrogens with zero attached hydrogens (tertiary/aromatic N) is 4. The van der Waals surface area contributed by atoms with Gasteiger partial charge in [-0.1, -0.05) is 24.3 Å². The van der Waals surface area contributed by atoms with Crippen molar-refractivity contribution in [2.75, 3.05) is 50.8 Å². The van der Waals surface area contributed by atoms with Crippen LogP contribution in [0.15, 0.2) is 30.5 Å². The van der Waals surface area contributed by atoms with E-state index in [-0.39, 0.29) is 0 Å². The van der Waals surface area contributed by atoms with Crippen LogP contribution in [0.5, 0.6) is 0 Å². The molecular formula is C17H22N4O. The van der Waals surface area contributed by atoms with Crippen LogP contribution < -0.4 is 4.90 Å². The molecule has 5 heteroatoms. The van der Waals surface area contributed by atoms with Crippen molar-refractivity contribution in [3.05, 3.63) is 30.5 Å². The SMILES string of the molecule is c1ccc2c(N3CCN(C[C@@H]4CCOC4)CC3)nncc2c1. The fraction of sp³-hybridized carbons (Fsp3) is 0.529. The number of hydrogen-bond donors (Lipinski definition) is 0. The molecule has 1 atom stereocenters. The number of aromatic nitrogens is 2. The lowest BCUT2D eigenvalue weighted by Crippen LogP contribution is -2.48. The molecule has 116 valence electrons. The van der Waals surface area contributed by atoms with Gasteiger partial charge in [0.05, 0.1) is 12.8 Å². The molecule has 5 nitrogen and oxygen atoms in total. The Morgan fingerprint density at radius 2 is 2.00 bits per heavy atom. The van der Waals surface area contributed by atoms with E-state index in [4.69, 9.17) is 4.74 Å². The van der Waals surface area contributed by atoms with Gasteiger partial charge in [-0.05, 0) is 12.3 Å². The first-order valence-electron chi connectivity index (χ1n) is 8.15. The van der Waals surface area contributed by atoms with Crippen LogP contribution in [0.2, 0.25) is 0 Å². The fourth-order valence-electron chi connectivity index (χ4n) is 3.48. The summed E-state index contributed by atoms with van der Waals surface area (Å²) < 4.78 is 5.48. The third-order valence-electron chi connectivity index (χ3n) is 4.76. The van der Waals surface area contributed by atoms with Gasteiger partial charge in [-0.25, -0.2) is 0 Å². The molecule has 3 heterocycles. The third kappa shape index (κ3) is 2.78. The zero-order chi connectivity index (χ0) is 14.8. The molecule has 2 fully saturated rings. The van der Waals surface area contributed by atoms with E-state index >= 15 is 0 Å². The predicted molar refractivity (Wildman–Crippen MR) is 87.1 cm³/mol. The monoisotopic (exact) mass is 298 g/mol. The number of hydrogen-bond acceptors (Lipinski definition) is 5. The average molecular weight is 298 g/mol. The first kappa shape index (κ1) is 13.9. The average Bonchev–Trinajstić information content (AvgIpc) is 3.08. The first-order chi connectivity index (χ1) is 10.9. The molecule has 0 aliphatic carbocycles. The first-order valence-corrected chi connectivity index (χ1v) is 8.15. The molecule has 0 amide bonds. The number of piperazine rings is 1. The molecule has 0 N–H and O–H groups in total. The lowest BCUT2D eigenvalue weighted by Gasteiger charge is -2.36. The van der Waals surface area contributed by atoms with E-state index in [1.54, 1.807) is 0 Å². The molecule has 0 saturated carbocycles. The van der Waals surface area contributed by atoms with Crippen molar-refractivity contribution in [3.8, 4) is 0 Å². The maximum absolute atomic E-state index is 5.48. The van der Waals surface area contributed by atoms with E-state index in [0.29, 0.717) is 0 Å². The van der Waals surface area contributed by atoms with Crippen molar-refractivity contribution in [2.45, 2.75) is 6.42 Å². The van der Waals surface area contributed by atoms with Crippen molar-refractivity contribution >= 4 is 16.6 Å². The number of rotatable bonds is 3. The van der Waals surface area contributed by atoms with Crippen LogP contribution in [-0.4, -0.2) is 61.0 Å². The minimum atomic E-state index is 0.726. The normalized spacial score (nSPS) is 23.3. The van der Waals surface area contributed by atoms with Crippen LogP contribution in [0.1, 0.15) is 6.42 Å². The van der Waals surface area contributed by atoms with E-state index < -0.39 is 0 Å². The second-order valence-electron chi connectivity index (χ2n) is 6.27. The van der Waals surface area contributed by atoms with E-state index in [1.165, 1.54) is 18.4 Å². The lowest BCUT2D eigenvalue weighted by molar-refractivity contribution is 0.164. The molecule has 0 spiro atoms. The minimum absolute atomic E-state index is 0.726. The second-order valence-corrected chi connectivity index (χ2v) is 6.27. The summed E-state index contributed by atoms with van der Waals surface area (Å²) in [6.45, 7) is 7.30. The van der Waals surface area contributed by atoms with Crippen LogP contribution in [0, 0.1) is 5.92 Å². The maximum Gasteiger partial charge on any atom is 0.159 e. The molecule has 0 bridgehead atoms. The molecule has 1 aromatic heterocycles. The smallest absolute Gasteiger partial charge is 0.159 e. The van der Waals surface area contributed by atoms with Crippen molar-refractivity contribution < 1.29 is 4.74 Å². The summed E-state index contributed by atoms with van der Waals surface area (Å²) >= 11 is 0. The predicted octanol–water partition coefficient (Wildman–Crippen LogP) is 1.79. The number of anilines is 1. The summed E-state index contributed by atoms with van der Waals surface area (Å²) in [6, 6.07) is 8.37. The molecule has 4 rings (SSSR count). The van der Waals surface area contributed by atoms with E-state index in [1.807, 2.05) is 6.20 Å². The molecule has 1 aromatic carbocycles. The summed E-state index contributed by atoms with van der Waals surface area (Å²) in [6.07, 6.45) is 3.06. The molecular weight excluding hydrogens is 276 g/mol. The fourth-order valence-corrected chi connectivity index (χ4v) is 3.48. The van der Waals surface area contributed by atoms with E-state index in [2.05, 4.69) is 44.3 Å². The van der Waals surface area contributed by atoms with Crippen molar-refractivity contribution in [1.82, 2.24) is 15.1 Å². The van der Waals surface area contributed by atoms with Crippen LogP contribution in [0.4, 0.5) is 5.82 Å². The van der Waals surface area contributed by atoms with Crippen molar-refractivity contribution in [2.24, 2.45) is 5.92 Å². The van der Waals surface area contributed by atoms with Gasteiger partial charge in [0.15, 0.2) is 5.82 Å². The molecule has 2 aromatic rings. The van der Waals surface area contributed by atoms with Gasteiger partial charge in [0.25, 0.3) is 0 Å². The number of ether oxygens (including phenoxy) is 1. The van der Waals surface area contributed by atoms with Gasteiger partial charge in [-0.3, -0.25) is 4.90 Å². The quantitative estimate of drug-likeness (QED) is 0.864. The van der Waals surface area contributed by atoms with E-state index in [0.717, 1.165) is 56.5 Å². The van der Waals surface area contributed by atoms with Gasteiger partial charge in [-0.2, -0.15) is 5.10 Å². The van der Waals surface area contributed by atoms with Crippen molar-refractivity contribution in [3.63, 3.8) is 0 Å². The highest BCUT2D eigenvalue weighted by atomic mass is 16.5. The summed E-state index contributed by atoms with van der Waals surface area (Å²) in [7, 11) is 0. The van der Waals surface area contributed by atoms with Gasteiger partial charge < -0.3 is 9.64 Å². The summed E-state index contributed by atoms with van der Waals surface area (Å²) in [5, 5.41) is 10.9. The van der Waals surface area contributed by atoms with Crippen LogP contribution >= 0.6 is 0 Å². The Kier molecular flexibility index (Phi) is 3.91. The number of benzene rings is 1. The Morgan fingerprint density at radius 1 is 1.14 bits per heavy atom. The summed E-state index contributed by atoms with van der Waals surface area (Å²) in [5.74, 6) is 1.76. The third-order valence-corrected chi connectivity index (χ3v) is 4.76. The molecule has 22 heavy (non-hydrogen) atoms. The highest BCUT2D eigenvalue weighted by molar-refractivity contribution is 5.91. The lowest BCUT2D eigenvalue weighted by atomic mass is 10.1. The van der Waals surface area contributed by atoms with Crippen molar-refractivity contribution in [1.29, 1.82) is 0 Å². The van der Waals surface area contributed by atoms with Gasteiger partial charge >= 0.3 is 0 Å². The van der Waals surface area contributed by atoms with Gasteiger partial charge in [0.1, 0.15) is 0 Å². The summed E-state index contributed by atoms with van der Waals surface area (Å²) in [5.41, 5.74) is 0. The molecule has 0 radical (unpaired) electrons. The van der Waals surface area contributed by atoms with E-state index in [9.17, 15) is 0 Å². The Bertz CT molecular complexity index is 628. The minimum Gasteiger partial charge on any atom is -0.381 e. The molecule has 2 saturated heterocycles. The second kappa shape index (κ2) is 6.18. The zero-order valence-corrected chi connectivity index (χ0v) is 12.8. The largest absolute Gasteiger partial charge is 0.381 e. The van der Waals surface area contributed by atoms with Crippen LogP contribution in [-0.2, 0) is 4.74 Å². The summed E-state index contributed by atoms with van der Waals surface area (Å²) in [4.78, 5) is 4.94. The molecule has 0 unspecified atom stereocenters. The van der Waals surface area contributed by atoms with Gasteiger partial charge in [0.2, 0.25) is 0 Å². The molecule has 2 aliphatic rings. The topological polar surface area (TPSA) is 41.5 Å². The maximum atomic E-state index is 5.48. The Labute approximate surface area is 130 Å². The van der Waals surface area contributed by atoms with Crippen LogP contribution in [0.25, 0.3) is 10.8 Å². The van der Waals surface area contributed by atoms with Gasteiger partial charge in [0, 0.05) is 50.1 Å². The number of fused-ring (bicyclic) bond motifs is 1. The molecule has 2 aliphatic heterocycles. The Balaban J connectivity index is 1.44. The highest BCUT2D eigenvalue weighted by Crippen LogP contribution is 2.24. The Hall–Kier alpha value is -1.72. The highest BCUT2D eigenvalue weighted by Gasteiger charge is 2.24. The van der Waals surface area contributed by atoms with Crippen LogP contribution in [0.3, 0.4) is 0 Å². The van der Waals surface area contributed by atoms with Gasteiger partial charge in [-0.15, -0.1) is 5.10 Å². The zero-order valence-electron chi connectivity index (χ0n) is 12.8.